The summed E-state index contributed by atoms with van der Waals surface area (Å²) in [6.45, 7) is 2.18. The Bertz CT molecular complexity index is 674. The number of furan rings is 1. The van der Waals surface area contributed by atoms with Gasteiger partial charge in [0.25, 0.3) is 0 Å². The summed E-state index contributed by atoms with van der Waals surface area (Å²) in [4.78, 5) is 9.46. The van der Waals surface area contributed by atoms with Crippen molar-refractivity contribution in [2.45, 2.75) is 26.2 Å². The molecule has 0 spiro atoms. The average molecular weight is 252 g/mol. The van der Waals surface area contributed by atoms with Gasteiger partial charge in [-0.3, -0.25) is 0 Å². The summed E-state index contributed by atoms with van der Waals surface area (Å²) in [5.41, 5.74) is 3.76. The highest BCUT2D eigenvalue weighted by Crippen LogP contribution is 2.24. The highest BCUT2D eigenvalue weighted by Gasteiger charge is 2.12. The van der Waals surface area contributed by atoms with Crippen LogP contribution in [-0.4, -0.2) is 9.97 Å². The zero-order chi connectivity index (χ0) is 13.1. The van der Waals surface area contributed by atoms with E-state index in [2.05, 4.69) is 6.92 Å². The molecule has 0 aliphatic heterocycles. The van der Waals surface area contributed by atoms with Gasteiger partial charge in [0, 0.05) is 0 Å². The Labute approximate surface area is 112 Å². The molecule has 0 N–H and O–H groups in total. The minimum Gasteiger partial charge on any atom is -0.463 e. The third-order valence-electron chi connectivity index (χ3n) is 3.16. The summed E-state index contributed by atoms with van der Waals surface area (Å²) in [7, 11) is 0. The Balaban J connectivity index is 2.15. The fourth-order valence-corrected chi connectivity index (χ4v) is 2.17. The summed E-state index contributed by atoms with van der Waals surface area (Å²) >= 11 is 0. The summed E-state index contributed by atoms with van der Waals surface area (Å²) < 4.78 is 5.49. The first-order chi connectivity index (χ1) is 9.38. The van der Waals surface area contributed by atoms with Crippen LogP contribution >= 0.6 is 0 Å². The molecular formula is C16H16N2O. The molecule has 0 saturated carbocycles. The molecule has 1 aromatic carbocycles. The molecule has 96 valence electrons. The molecule has 0 unspecified atom stereocenters. The van der Waals surface area contributed by atoms with Gasteiger partial charge in [-0.15, -0.1) is 0 Å². The Morgan fingerprint density at radius 1 is 1.00 bits per heavy atom. The first-order valence-corrected chi connectivity index (χ1v) is 6.68. The number of aryl methyl sites for hydroxylation is 1. The van der Waals surface area contributed by atoms with Crippen LogP contribution in [0.5, 0.6) is 0 Å². The Morgan fingerprint density at radius 2 is 1.79 bits per heavy atom. The lowest BCUT2D eigenvalue weighted by Gasteiger charge is -2.07. The van der Waals surface area contributed by atoms with Crippen LogP contribution in [0.4, 0.5) is 0 Å². The molecule has 3 heteroatoms. The van der Waals surface area contributed by atoms with E-state index in [1.165, 1.54) is 0 Å². The van der Waals surface area contributed by atoms with Gasteiger partial charge in [-0.05, 0) is 37.1 Å². The van der Waals surface area contributed by atoms with E-state index >= 15 is 0 Å². The maximum atomic E-state index is 5.49. The first-order valence-electron chi connectivity index (χ1n) is 6.68. The minimum atomic E-state index is 0.796. The molecule has 0 atom stereocenters. The van der Waals surface area contributed by atoms with Crippen molar-refractivity contribution in [3.05, 3.63) is 48.4 Å². The largest absolute Gasteiger partial charge is 0.463 e. The van der Waals surface area contributed by atoms with Gasteiger partial charge in [-0.1, -0.05) is 25.5 Å². The predicted octanol–water partition coefficient (Wildman–Crippen LogP) is 4.23. The van der Waals surface area contributed by atoms with Crippen molar-refractivity contribution in [2.75, 3.05) is 0 Å². The van der Waals surface area contributed by atoms with E-state index in [4.69, 9.17) is 14.4 Å². The van der Waals surface area contributed by atoms with Gasteiger partial charge >= 0.3 is 0 Å². The quantitative estimate of drug-likeness (QED) is 0.697. The van der Waals surface area contributed by atoms with Gasteiger partial charge in [-0.2, -0.15) is 0 Å². The van der Waals surface area contributed by atoms with Crippen molar-refractivity contribution in [3.8, 4) is 11.5 Å². The van der Waals surface area contributed by atoms with Crippen LogP contribution in [-0.2, 0) is 6.42 Å². The van der Waals surface area contributed by atoms with Crippen LogP contribution in [0.25, 0.3) is 22.5 Å². The zero-order valence-corrected chi connectivity index (χ0v) is 11.0. The Hall–Kier alpha value is -2.16. The molecule has 0 saturated heterocycles. The van der Waals surface area contributed by atoms with Crippen LogP contribution in [0.15, 0.2) is 47.1 Å². The smallest absolute Gasteiger partial charge is 0.154 e. The van der Waals surface area contributed by atoms with E-state index in [1.807, 2.05) is 36.4 Å². The maximum absolute atomic E-state index is 5.49. The number of aromatic nitrogens is 2. The predicted molar refractivity (Wildman–Crippen MR) is 75.9 cm³/mol. The summed E-state index contributed by atoms with van der Waals surface area (Å²) in [5, 5.41) is 0. The lowest BCUT2D eigenvalue weighted by molar-refractivity contribution is 0.578. The molecule has 2 aromatic heterocycles. The van der Waals surface area contributed by atoms with Gasteiger partial charge < -0.3 is 4.42 Å². The molecule has 3 aromatic rings. The number of fused-ring (bicyclic) bond motifs is 1. The van der Waals surface area contributed by atoms with E-state index < -0.39 is 0 Å². The fourth-order valence-electron chi connectivity index (χ4n) is 2.17. The highest BCUT2D eigenvalue weighted by atomic mass is 16.3. The monoisotopic (exact) mass is 252 g/mol. The van der Waals surface area contributed by atoms with Gasteiger partial charge in [0.1, 0.15) is 5.69 Å². The molecule has 0 aliphatic rings. The van der Waals surface area contributed by atoms with Crippen molar-refractivity contribution in [2.24, 2.45) is 0 Å². The SMILES string of the molecule is CCCCc1nc2ccccc2nc1-c1ccco1. The number of nitrogens with zero attached hydrogens (tertiary/aromatic N) is 2. The van der Waals surface area contributed by atoms with E-state index in [-0.39, 0.29) is 0 Å². The van der Waals surface area contributed by atoms with Gasteiger partial charge in [-0.25, -0.2) is 9.97 Å². The number of para-hydroxylation sites is 2. The van der Waals surface area contributed by atoms with Crippen LogP contribution in [0, 0.1) is 0 Å². The summed E-state index contributed by atoms with van der Waals surface area (Å²) in [6, 6.07) is 11.8. The molecule has 3 nitrogen and oxygen atoms in total. The molecule has 0 bridgehead atoms. The molecule has 0 fully saturated rings. The van der Waals surface area contributed by atoms with Crippen LogP contribution in [0.2, 0.25) is 0 Å². The van der Waals surface area contributed by atoms with E-state index in [0.717, 1.165) is 47.4 Å². The number of rotatable bonds is 4. The topological polar surface area (TPSA) is 38.9 Å². The third kappa shape index (κ3) is 2.36. The maximum Gasteiger partial charge on any atom is 0.154 e. The summed E-state index contributed by atoms with van der Waals surface area (Å²) in [5.74, 6) is 0.796. The van der Waals surface area contributed by atoms with Crippen LogP contribution in [0.1, 0.15) is 25.5 Å². The van der Waals surface area contributed by atoms with E-state index in [9.17, 15) is 0 Å². The van der Waals surface area contributed by atoms with Gasteiger partial charge in [0.15, 0.2) is 5.76 Å². The molecular weight excluding hydrogens is 236 g/mol. The van der Waals surface area contributed by atoms with E-state index in [0.29, 0.717) is 0 Å². The second-order valence-corrected chi connectivity index (χ2v) is 4.59. The van der Waals surface area contributed by atoms with Crippen molar-refractivity contribution in [3.63, 3.8) is 0 Å². The molecule has 0 amide bonds. The Morgan fingerprint density at radius 3 is 2.47 bits per heavy atom. The molecule has 19 heavy (non-hydrogen) atoms. The lowest BCUT2D eigenvalue weighted by atomic mass is 10.1. The number of hydrogen-bond acceptors (Lipinski definition) is 3. The molecule has 0 aliphatic carbocycles. The lowest BCUT2D eigenvalue weighted by Crippen LogP contribution is -1.98. The minimum absolute atomic E-state index is 0.796. The second kappa shape index (κ2) is 5.22. The van der Waals surface area contributed by atoms with Crippen molar-refractivity contribution in [1.82, 2.24) is 9.97 Å². The average Bonchev–Trinajstić information content (AvgIpc) is 2.98. The van der Waals surface area contributed by atoms with Crippen molar-refractivity contribution in [1.29, 1.82) is 0 Å². The number of hydrogen-bond donors (Lipinski definition) is 0. The molecule has 3 rings (SSSR count). The third-order valence-corrected chi connectivity index (χ3v) is 3.16. The first kappa shape index (κ1) is 11.9. The number of benzene rings is 1. The zero-order valence-electron chi connectivity index (χ0n) is 11.0. The van der Waals surface area contributed by atoms with Crippen LogP contribution < -0.4 is 0 Å². The second-order valence-electron chi connectivity index (χ2n) is 4.59. The number of unbranched alkanes of at least 4 members (excludes halogenated alkanes) is 1. The van der Waals surface area contributed by atoms with Crippen LogP contribution in [0.3, 0.4) is 0 Å². The van der Waals surface area contributed by atoms with Gasteiger partial charge in [0.2, 0.25) is 0 Å². The summed E-state index contributed by atoms with van der Waals surface area (Å²) in [6.07, 6.45) is 4.87. The Kier molecular flexibility index (Phi) is 3.27. The molecule has 0 radical (unpaired) electrons. The fraction of sp³-hybridized carbons (Fsp3) is 0.250. The molecule has 2 heterocycles. The van der Waals surface area contributed by atoms with E-state index in [1.54, 1.807) is 6.26 Å². The van der Waals surface area contributed by atoms with Gasteiger partial charge in [0.05, 0.1) is 23.0 Å². The van der Waals surface area contributed by atoms with Crippen molar-refractivity contribution >= 4 is 11.0 Å². The normalized spacial score (nSPS) is 11.0. The standard InChI is InChI=1S/C16H16N2O/c1-2-3-7-14-16(15-10-6-11-19-15)18-13-9-5-4-8-12(13)17-14/h4-6,8-11H,2-3,7H2,1H3. The highest BCUT2D eigenvalue weighted by molar-refractivity contribution is 5.77. The van der Waals surface area contributed by atoms with Crippen molar-refractivity contribution < 1.29 is 4.42 Å².